The topological polar surface area (TPSA) is 36.4 Å². The van der Waals surface area contributed by atoms with Gasteiger partial charge in [-0.2, -0.15) is 0 Å². The SMILES string of the molecule is CC[C@@]1(CO)C[C@@H]2CC[C@H]1N2Cc1cnc(-c2ccccc2)s1. The molecule has 0 spiro atoms. The van der Waals surface area contributed by atoms with Crippen LogP contribution in [0.5, 0.6) is 0 Å². The van der Waals surface area contributed by atoms with Crippen molar-refractivity contribution in [2.75, 3.05) is 6.61 Å². The molecule has 2 aromatic rings. The van der Waals surface area contributed by atoms with Gasteiger partial charge in [-0.05, 0) is 25.7 Å². The summed E-state index contributed by atoms with van der Waals surface area (Å²) in [5, 5.41) is 11.0. The minimum absolute atomic E-state index is 0.135. The summed E-state index contributed by atoms with van der Waals surface area (Å²) in [7, 11) is 0. The van der Waals surface area contributed by atoms with Crippen LogP contribution in [0.1, 0.15) is 37.5 Å². The molecule has 4 rings (SSSR count). The highest BCUT2D eigenvalue weighted by Crippen LogP contribution is 2.52. The maximum absolute atomic E-state index is 9.94. The fraction of sp³-hybridized carbons (Fsp3) is 0.526. The van der Waals surface area contributed by atoms with Gasteiger partial charge in [-0.25, -0.2) is 4.98 Å². The van der Waals surface area contributed by atoms with Gasteiger partial charge in [0.25, 0.3) is 0 Å². The molecule has 1 N–H and O–H groups in total. The number of benzene rings is 1. The van der Waals surface area contributed by atoms with E-state index in [1.165, 1.54) is 23.3 Å². The monoisotopic (exact) mass is 328 g/mol. The lowest BCUT2D eigenvalue weighted by molar-refractivity contribution is 0.0716. The Morgan fingerprint density at radius 2 is 2.13 bits per heavy atom. The largest absolute Gasteiger partial charge is 0.396 e. The summed E-state index contributed by atoms with van der Waals surface area (Å²) in [4.78, 5) is 8.60. The number of rotatable bonds is 5. The average Bonchev–Trinajstić information content (AvgIpc) is 3.30. The van der Waals surface area contributed by atoms with Gasteiger partial charge in [0.2, 0.25) is 0 Å². The van der Waals surface area contributed by atoms with Gasteiger partial charge >= 0.3 is 0 Å². The van der Waals surface area contributed by atoms with Gasteiger partial charge in [-0.1, -0.05) is 37.3 Å². The molecule has 3 nitrogen and oxygen atoms in total. The Hall–Kier alpha value is -1.23. The third kappa shape index (κ3) is 2.53. The Bertz CT molecular complexity index is 665. The number of aliphatic hydroxyl groups is 1. The second kappa shape index (κ2) is 6.00. The van der Waals surface area contributed by atoms with E-state index < -0.39 is 0 Å². The van der Waals surface area contributed by atoms with Crippen LogP contribution in [0.2, 0.25) is 0 Å². The maximum Gasteiger partial charge on any atom is 0.123 e. The van der Waals surface area contributed by atoms with Crippen LogP contribution in [0.25, 0.3) is 10.6 Å². The zero-order valence-corrected chi connectivity index (χ0v) is 14.4. The van der Waals surface area contributed by atoms with Crippen molar-refractivity contribution in [1.82, 2.24) is 9.88 Å². The predicted octanol–water partition coefficient (Wildman–Crippen LogP) is 3.94. The molecule has 23 heavy (non-hydrogen) atoms. The molecule has 0 saturated carbocycles. The smallest absolute Gasteiger partial charge is 0.123 e. The van der Waals surface area contributed by atoms with Crippen molar-refractivity contribution in [3.8, 4) is 10.6 Å². The molecule has 2 aliphatic heterocycles. The van der Waals surface area contributed by atoms with Crippen LogP contribution in [0, 0.1) is 5.41 Å². The van der Waals surface area contributed by atoms with Crippen molar-refractivity contribution in [3.63, 3.8) is 0 Å². The van der Waals surface area contributed by atoms with E-state index in [4.69, 9.17) is 0 Å². The molecule has 3 atom stereocenters. The van der Waals surface area contributed by atoms with Crippen LogP contribution >= 0.6 is 11.3 Å². The summed E-state index contributed by atoms with van der Waals surface area (Å²) in [6.07, 6.45) is 6.81. The molecule has 2 fully saturated rings. The Balaban J connectivity index is 1.53. The zero-order valence-electron chi connectivity index (χ0n) is 13.6. The molecule has 0 amide bonds. The fourth-order valence-corrected chi connectivity index (χ4v) is 5.52. The van der Waals surface area contributed by atoms with Crippen LogP contribution in [-0.2, 0) is 6.54 Å². The van der Waals surface area contributed by atoms with E-state index in [-0.39, 0.29) is 5.41 Å². The molecular weight excluding hydrogens is 304 g/mol. The molecule has 0 aliphatic carbocycles. The molecule has 0 unspecified atom stereocenters. The summed E-state index contributed by atoms with van der Waals surface area (Å²) in [5.41, 5.74) is 1.34. The van der Waals surface area contributed by atoms with Crippen LogP contribution in [0.15, 0.2) is 36.5 Å². The van der Waals surface area contributed by atoms with Crippen molar-refractivity contribution in [2.45, 2.75) is 51.2 Å². The highest BCUT2D eigenvalue weighted by Gasteiger charge is 2.54. The lowest BCUT2D eigenvalue weighted by atomic mass is 9.72. The second-order valence-corrected chi connectivity index (χ2v) is 8.11. The van der Waals surface area contributed by atoms with Gasteiger partial charge in [-0.15, -0.1) is 11.3 Å². The Labute approximate surface area is 142 Å². The van der Waals surface area contributed by atoms with E-state index in [1.807, 2.05) is 12.3 Å². The molecule has 2 aliphatic rings. The van der Waals surface area contributed by atoms with Crippen LogP contribution in [-0.4, -0.2) is 33.7 Å². The molecule has 0 radical (unpaired) electrons. The summed E-state index contributed by atoms with van der Waals surface area (Å²) in [5.74, 6) is 0. The summed E-state index contributed by atoms with van der Waals surface area (Å²) in [6.45, 7) is 3.55. The second-order valence-electron chi connectivity index (χ2n) is 7.00. The molecule has 2 bridgehead atoms. The lowest BCUT2D eigenvalue weighted by Crippen LogP contribution is -2.39. The van der Waals surface area contributed by atoms with Crippen LogP contribution in [0.4, 0.5) is 0 Å². The minimum atomic E-state index is 0.135. The first kappa shape index (κ1) is 15.3. The van der Waals surface area contributed by atoms with Gasteiger partial charge in [0.05, 0.1) is 6.61 Å². The first-order valence-electron chi connectivity index (χ1n) is 8.62. The third-order valence-electron chi connectivity index (χ3n) is 5.92. The summed E-state index contributed by atoms with van der Waals surface area (Å²) >= 11 is 1.80. The minimum Gasteiger partial charge on any atom is -0.396 e. The van der Waals surface area contributed by atoms with E-state index in [0.29, 0.717) is 18.7 Å². The van der Waals surface area contributed by atoms with Gasteiger partial charge in [-0.3, -0.25) is 4.90 Å². The highest BCUT2D eigenvalue weighted by molar-refractivity contribution is 7.15. The standard InChI is InChI=1S/C19H24N2OS/c1-2-19(13-22)10-15-8-9-17(19)21(15)12-16-11-20-18(23-16)14-6-4-3-5-7-14/h3-7,11,15,17,22H,2,8-10,12-13H2,1H3/t15-,17+,19-/m0/s1. The zero-order chi connectivity index (χ0) is 15.9. The van der Waals surface area contributed by atoms with Crippen molar-refractivity contribution in [2.24, 2.45) is 5.41 Å². The van der Waals surface area contributed by atoms with Crippen LogP contribution in [0.3, 0.4) is 0 Å². The third-order valence-corrected chi connectivity index (χ3v) is 6.95. The van der Waals surface area contributed by atoms with Crippen LogP contribution < -0.4 is 0 Å². The molecular formula is C19H24N2OS. The predicted molar refractivity (Wildman–Crippen MR) is 94.3 cm³/mol. The van der Waals surface area contributed by atoms with Crippen molar-refractivity contribution >= 4 is 11.3 Å². The van der Waals surface area contributed by atoms with E-state index >= 15 is 0 Å². The molecule has 1 aromatic carbocycles. The summed E-state index contributed by atoms with van der Waals surface area (Å²) < 4.78 is 0. The molecule has 1 aromatic heterocycles. The number of aliphatic hydroxyl groups excluding tert-OH is 1. The quantitative estimate of drug-likeness (QED) is 0.903. The van der Waals surface area contributed by atoms with Gasteiger partial charge in [0.1, 0.15) is 5.01 Å². The Kier molecular flexibility index (Phi) is 4.00. The molecule has 2 saturated heterocycles. The molecule has 4 heteroatoms. The highest BCUT2D eigenvalue weighted by atomic mass is 32.1. The lowest BCUT2D eigenvalue weighted by Gasteiger charge is -2.35. The van der Waals surface area contributed by atoms with E-state index in [1.54, 1.807) is 11.3 Å². The van der Waals surface area contributed by atoms with Gasteiger partial charge in [0.15, 0.2) is 0 Å². The molecule has 122 valence electrons. The Morgan fingerprint density at radius 1 is 1.30 bits per heavy atom. The van der Waals surface area contributed by atoms with E-state index in [2.05, 4.69) is 41.1 Å². The van der Waals surface area contributed by atoms with Crippen molar-refractivity contribution in [3.05, 3.63) is 41.4 Å². The number of nitrogens with zero attached hydrogens (tertiary/aromatic N) is 2. The maximum atomic E-state index is 9.94. The summed E-state index contributed by atoms with van der Waals surface area (Å²) in [6, 6.07) is 11.6. The van der Waals surface area contributed by atoms with E-state index in [0.717, 1.165) is 24.4 Å². The van der Waals surface area contributed by atoms with Crippen molar-refractivity contribution in [1.29, 1.82) is 0 Å². The number of hydrogen-bond acceptors (Lipinski definition) is 4. The first-order chi connectivity index (χ1) is 11.3. The van der Waals surface area contributed by atoms with Crippen molar-refractivity contribution < 1.29 is 5.11 Å². The van der Waals surface area contributed by atoms with E-state index in [9.17, 15) is 5.11 Å². The van der Waals surface area contributed by atoms with Gasteiger partial charge < -0.3 is 5.11 Å². The Morgan fingerprint density at radius 3 is 2.83 bits per heavy atom. The number of aromatic nitrogens is 1. The van der Waals surface area contributed by atoms with Gasteiger partial charge in [0, 0.05) is 40.7 Å². The number of thiazole rings is 1. The number of fused-ring (bicyclic) bond motifs is 2. The normalized spacial score (nSPS) is 30.2. The number of hydrogen-bond donors (Lipinski definition) is 1. The fourth-order valence-electron chi connectivity index (χ4n) is 4.59. The average molecular weight is 328 g/mol. The first-order valence-corrected chi connectivity index (χ1v) is 9.44. The molecule has 3 heterocycles.